The molecule has 2 N–H and O–H groups in total. The Kier molecular flexibility index (Phi) is 4.35. The van der Waals surface area contributed by atoms with Crippen molar-refractivity contribution in [3.63, 3.8) is 0 Å². The van der Waals surface area contributed by atoms with E-state index in [1.165, 1.54) is 0 Å². The van der Waals surface area contributed by atoms with Gasteiger partial charge in [-0.3, -0.25) is 0 Å². The second-order valence-corrected chi connectivity index (χ2v) is 3.98. The maximum Gasteiger partial charge on any atom is 0.230 e. The summed E-state index contributed by atoms with van der Waals surface area (Å²) in [5, 5.41) is 7.75. The van der Waals surface area contributed by atoms with Gasteiger partial charge in [-0.15, -0.1) is 10.2 Å². The summed E-state index contributed by atoms with van der Waals surface area (Å²) in [6.45, 7) is 0.267. The summed E-state index contributed by atoms with van der Waals surface area (Å²) in [6.07, 6.45) is 1.45. The Morgan fingerprint density at radius 3 is 2.42 bits per heavy atom. The van der Waals surface area contributed by atoms with Gasteiger partial charge in [0.05, 0.1) is 20.8 Å². The molecular weight excluding hydrogens is 246 g/mol. The first-order valence-corrected chi connectivity index (χ1v) is 5.99. The molecule has 0 aliphatic heterocycles. The molecule has 0 bridgehead atoms. The van der Waals surface area contributed by atoms with Crippen LogP contribution in [0.3, 0.4) is 0 Å². The minimum atomic E-state index is 0.267. The van der Waals surface area contributed by atoms with E-state index in [-0.39, 0.29) is 6.54 Å². The molecule has 0 amide bonds. The van der Waals surface area contributed by atoms with Gasteiger partial charge in [-0.1, -0.05) is 6.07 Å². The molecule has 0 saturated heterocycles. The molecule has 0 spiro atoms. The molecule has 0 aliphatic rings. The summed E-state index contributed by atoms with van der Waals surface area (Å²) in [5.74, 6) is 2.49. The van der Waals surface area contributed by atoms with Crippen molar-refractivity contribution in [1.29, 1.82) is 0 Å². The molecule has 1 aromatic carbocycles. The van der Waals surface area contributed by atoms with E-state index in [1.807, 2.05) is 18.2 Å². The summed E-state index contributed by atoms with van der Waals surface area (Å²) in [7, 11) is 3.23. The summed E-state index contributed by atoms with van der Waals surface area (Å²) in [5.41, 5.74) is 6.53. The minimum absolute atomic E-state index is 0.267. The van der Waals surface area contributed by atoms with Gasteiger partial charge in [0.1, 0.15) is 0 Å². The number of nitrogens with two attached hydrogens (primary N) is 1. The van der Waals surface area contributed by atoms with Crippen molar-refractivity contribution in [3.8, 4) is 11.5 Å². The van der Waals surface area contributed by atoms with Gasteiger partial charge in [-0.25, -0.2) is 0 Å². The highest BCUT2D eigenvalue weighted by atomic mass is 16.5. The summed E-state index contributed by atoms with van der Waals surface area (Å²) < 4.78 is 15.8. The van der Waals surface area contributed by atoms with Gasteiger partial charge in [-0.2, -0.15) is 0 Å². The fraction of sp³-hybridized carbons (Fsp3) is 0.385. The number of methoxy groups -OCH3 is 2. The number of hydrogen-bond acceptors (Lipinski definition) is 6. The molecule has 1 heterocycles. The van der Waals surface area contributed by atoms with Gasteiger partial charge in [0.25, 0.3) is 0 Å². The molecule has 0 unspecified atom stereocenters. The zero-order valence-corrected chi connectivity index (χ0v) is 11.0. The number of aromatic nitrogens is 2. The molecule has 0 fully saturated rings. The van der Waals surface area contributed by atoms with E-state index in [1.54, 1.807) is 14.2 Å². The molecule has 0 radical (unpaired) electrons. The lowest BCUT2D eigenvalue weighted by molar-refractivity contribution is 0.354. The third kappa shape index (κ3) is 3.23. The van der Waals surface area contributed by atoms with Gasteiger partial charge >= 0.3 is 0 Å². The topological polar surface area (TPSA) is 83.4 Å². The van der Waals surface area contributed by atoms with Crippen LogP contribution in [0.4, 0.5) is 0 Å². The molecule has 0 saturated carbocycles. The van der Waals surface area contributed by atoms with Crippen molar-refractivity contribution in [2.75, 3.05) is 14.2 Å². The Hall–Kier alpha value is -2.08. The van der Waals surface area contributed by atoms with Crippen molar-refractivity contribution in [3.05, 3.63) is 35.5 Å². The third-order valence-corrected chi connectivity index (χ3v) is 2.76. The Morgan fingerprint density at radius 1 is 1.05 bits per heavy atom. The molecule has 0 atom stereocenters. The van der Waals surface area contributed by atoms with Crippen molar-refractivity contribution >= 4 is 0 Å². The standard InChI is InChI=1S/C13H17N3O3/c1-17-10-5-3-9(7-11(10)18-2)4-6-12-15-16-13(8-14)19-12/h3,5,7H,4,6,8,14H2,1-2H3. The van der Waals surface area contributed by atoms with E-state index >= 15 is 0 Å². The van der Waals surface area contributed by atoms with E-state index in [2.05, 4.69) is 10.2 Å². The summed E-state index contributed by atoms with van der Waals surface area (Å²) in [4.78, 5) is 0. The lowest BCUT2D eigenvalue weighted by Crippen LogP contribution is -1.95. The number of hydrogen-bond donors (Lipinski definition) is 1. The lowest BCUT2D eigenvalue weighted by atomic mass is 10.1. The quantitative estimate of drug-likeness (QED) is 0.846. The third-order valence-electron chi connectivity index (χ3n) is 2.76. The zero-order valence-electron chi connectivity index (χ0n) is 11.0. The Labute approximate surface area is 111 Å². The molecule has 6 nitrogen and oxygen atoms in total. The fourth-order valence-corrected chi connectivity index (χ4v) is 1.76. The first-order chi connectivity index (χ1) is 9.26. The average molecular weight is 263 g/mol. The number of nitrogens with zero attached hydrogens (tertiary/aromatic N) is 2. The molecule has 0 aliphatic carbocycles. The summed E-state index contributed by atoms with van der Waals surface area (Å²) >= 11 is 0. The van der Waals surface area contributed by atoms with E-state index < -0.39 is 0 Å². The first kappa shape index (κ1) is 13.4. The van der Waals surface area contributed by atoms with Gasteiger partial charge in [0, 0.05) is 6.42 Å². The van der Waals surface area contributed by atoms with Gasteiger partial charge in [-0.05, 0) is 24.1 Å². The van der Waals surface area contributed by atoms with Crippen molar-refractivity contribution in [2.45, 2.75) is 19.4 Å². The lowest BCUT2D eigenvalue weighted by Gasteiger charge is -2.08. The highest BCUT2D eigenvalue weighted by molar-refractivity contribution is 5.42. The monoisotopic (exact) mass is 263 g/mol. The summed E-state index contributed by atoms with van der Waals surface area (Å²) in [6, 6.07) is 5.81. The van der Waals surface area contributed by atoms with Crippen LogP contribution in [-0.4, -0.2) is 24.4 Å². The minimum Gasteiger partial charge on any atom is -0.493 e. The van der Waals surface area contributed by atoms with E-state index in [9.17, 15) is 0 Å². The van der Waals surface area contributed by atoms with Crippen molar-refractivity contribution < 1.29 is 13.9 Å². The number of aryl methyl sites for hydroxylation is 2. The van der Waals surface area contributed by atoms with Crippen LogP contribution < -0.4 is 15.2 Å². The molecule has 2 aromatic rings. The van der Waals surface area contributed by atoms with Crippen LogP contribution in [-0.2, 0) is 19.4 Å². The molecule has 6 heteroatoms. The predicted molar refractivity (Wildman–Crippen MR) is 69.1 cm³/mol. The maximum atomic E-state index is 5.41. The highest BCUT2D eigenvalue weighted by Crippen LogP contribution is 2.27. The second-order valence-electron chi connectivity index (χ2n) is 3.98. The van der Waals surface area contributed by atoms with Crippen LogP contribution in [0.2, 0.25) is 0 Å². The van der Waals surface area contributed by atoms with E-state index in [4.69, 9.17) is 19.6 Å². The van der Waals surface area contributed by atoms with Gasteiger partial charge < -0.3 is 19.6 Å². The average Bonchev–Trinajstić information content (AvgIpc) is 2.92. The molecular formula is C13H17N3O3. The highest BCUT2D eigenvalue weighted by Gasteiger charge is 2.07. The normalized spacial score (nSPS) is 10.5. The largest absolute Gasteiger partial charge is 0.493 e. The molecule has 2 rings (SSSR count). The van der Waals surface area contributed by atoms with Crippen molar-refractivity contribution in [2.24, 2.45) is 5.73 Å². The predicted octanol–water partition coefficient (Wildman–Crippen LogP) is 1.33. The van der Waals surface area contributed by atoms with E-state index in [0.717, 1.165) is 17.7 Å². The second kappa shape index (κ2) is 6.19. The number of ether oxygens (including phenoxy) is 2. The maximum absolute atomic E-state index is 5.41. The van der Waals surface area contributed by atoms with Crippen LogP contribution in [0.5, 0.6) is 11.5 Å². The van der Waals surface area contributed by atoms with Gasteiger partial charge in [0.15, 0.2) is 11.5 Å². The van der Waals surface area contributed by atoms with Gasteiger partial charge in [0.2, 0.25) is 11.8 Å². The first-order valence-electron chi connectivity index (χ1n) is 5.99. The van der Waals surface area contributed by atoms with Crippen LogP contribution in [0, 0.1) is 0 Å². The van der Waals surface area contributed by atoms with Crippen LogP contribution in [0.15, 0.2) is 22.6 Å². The Morgan fingerprint density at radius 2 is 1.79 bits per heavy atom. The Balaban J connectivity index is 2.03. The smallest absolute Gasteiger partial charge is 0.230 e. The molecule has 102 valence electrons. The Bertz CT molecular complexity index is 540. The molecule has 19 heavy (non-hydrogen) atoms. The van der Waals surface area contributed by atoms with Crippen LogP contribution in [0.25, 0.3) is 0 Å². The van der Waals surface area contributed by atoms with Crippen LogP contribution >= 0.6 is 0 Å². The zero-order chi connectivity index (χ0) is 13.7. The SMILES string of the molecule is COc1ccc(CCc2nnc(CN)o2)cc1OC. The van der Waals surface area contributed by atoms with Crippen LogP contribution in [0.1, 0.15) is 17.3 Å². The molecule has 1 aromatic heterocycles. The number of rotatable bonds is 6. The number of benzene rings is 1. The van der Waals surface area contributed by atoms with E-state index in [0.29, 0.717) is 24.0 Å². The fourth-order valence-electron chi connectivity index (χ4n) is 1.76. The van der Waals surface area contributed by atoms with Crippen molar-refractivity contribution in [1.82, 2.24) is 10.2 Å².